The second-order valence-electron chi connectivity index (χ2n) is 9.25. The predicted octanol–water partition coefficient (Wildman–Crippen LogP) is 4.10. The lowest BCUT2D eigenvalue weighted by Crippen LogP contribution is -2.43. The van der Waals surface area contributed by atoms with E-state index in [0.717, 1.165) is 30.0 Å². The molecule has 0 spiro atoms. The highest BCUT2D eigenvalue weighted by Crippen LogP contribution is 2.45. The van der Waals surface area contributed by atoms with Gasteiger partial charge >= 0.3 is 11.9 Å². The third-order valence-electron chi connectivity index (χ3n) is 6.66. The summed E-state index contributed by atoms with van der Waals surface area (Å²) < 4.78 is 10.5. The molecule has 0 fully saturated rings. The van der Waals surface area contributed by atoms with Crippen LogP contribution in [0.1, 0.15) is 59.4 Å². The summed E-state index contributed by atoms with van der Waals surface area (Å²) in [4.78, 5) is 41.7. The smallest absolute Gasteiger partial charge is 0.337 e. The molecule has 3 atom stereocenters. The molecule has 34 heavy (non-hydrogen) atoms. The lowest BCUT2D eigenvalue weighted by Gasteiger charge is -2.38. The molecule has 2 aliphatic rings. The number of nitrogens with zero attached hydrogens (tertiary/aromatic N) is 1. The van der Waals surface area contributed by atoms with Gasteiger partial charge < -0.3 is 19.7 Å². The standard InChI is InChI=1S/C27H36N2O5/c1-8-29(9-2)19-12-10-18(11-13-19)23-22(27(32)34-15(3)4)17(6)28-20-14-16(5)21(26(31)33-7)25(30)24(20)23/h10-13,15-16,21,23,28H,8-9,14H2,1-7H3/t16-,21-,23+/m0/s1. The third-order valence-corrected chi connectivity index (χ3v) is 6.66. The van der Waals surface area contributed by atoms with Crippen LogP contribution in [0.3, 0.4) is 0 Å². The zero-order valence-corrected chi connectivity index (χ0v) is 21.2. The topological polar surface area (TPSA) is 84.9 Å². The predicted molar refractivity (Wildman–Crippen MR) is 131 cm³/mol. The summed E-state index contributed by atoms with van der Waals surface area (Å²) in [5, 5.41) is 3.29. The minimum atomic E-state index is -0.899. The molecule has 1 aromatic rings. The number of carbonyl (C=O) groups is 3. The van der Waals surface area contributed by atoms with E-state index >= 15 is 0 Å². The number of rotatable bonds is 7. The molecular formula is C27H36N2O5. The van der Waals surface area contributed by atoms with Crippen molar-refractivity contribution in [3.05, 3.63) is 52.4 Å². The van der Waals surface area contributed by atoms with Crippen LogP contribution in [-0.2, 0) is 23.9 Å². The number of allylic oxidation sites excluding steroid dienone is 3. The van der Waals surface area contributed by atoms with E-state index in [1.165, 1.54) is 7.11 Å². The van der Waals surface area contributed by atoms with E-state index < -0.39 is 23.8 Å². The Morgan fingerprint density at radius 1 is 1.15 bits per heavy atom. The molecule has 0 unspecified atom stereocenters. The van der Waals surface area contributed by atoms with Crippen molar-refractivity contribution in [3.63, 3.8) is 0 Å². The first-order valence-electron chi connectivity index (χ1n) is 12.0. The molecule has 3 rings (SSSR count). The fourth-order valence-electron chi connectivity index (χ4n) is 5.03. The van der Waals surface area contributed by atoms with Gasteiger partial charge in [-0.3, -0.25) is 9.59 Å². The fraction of sp³-hybridized carbons (Fsp3) is 0.519. The van der Waals surface area contributed by atoms with Gasteiger partial charge in [0.25, 0.3) is 0 Å². The van der Waals surface area contributed by atoms with Gasteiger partial charge in [-0.25, -0.2) is 4.79 Å². The Morgan fingerprint density at radius 3 is 2.29 bits per heavy atom. The lowest BCUT2D eigenvalue weighted by atomic mass is 9.69. The maximum atomic E-state index is 13.7. The number of Topliss-reactive ketones (excluding diaryl/α,β-unsaturated/α-hetero) is 1. The molecule has 1 N–H and O–H groups in total. The molecule has 1 aromatic carbocycles. The van der Waals surface area contributed by atoms with Crippen LogP contribution >= 0.6 is 0 Å². The Bertz CT molecular complexity index is 1020. The molecule has 0 bridgehead atoms. The largest absolute Gasteiger partial charge is 0.468 e. The van der Waals surface area contributed by atoms with Gasteiger partial charge in [0.05, 0.1) is 18.8 Å². The number of benzene rings is 1. The van der Waals surface area contributed by atoms with Gasteiger partial charge in [-0.2, -0.15) is 0 Å². The number of dihydropyridines is 1. The minimum absolute atomic E-state index is 0.214. The highest BCUT2D eigenvalue weighted by atomic mass is 16.5. The van der Waals surface area contributed by atoms with Crippen LogP contribution in [0, 0.1) is 11.8 Å². The Hall–Kier alpha value is -3.09. The van der Waals surface area contributed by atoms with Crippen LogP contribution in [0.4, 0.5) is 5.69 Å². The van der Waals surface area contributed by atoms with Gasteiger partial charge in [-0.15, -0.1) is 0 Å². The molecule has 7 nitrogen and oxygen atoms in total. The van der Waals surface area contributed by atoms with Crippen molar-refractivity contribution in [2.45, 2.75) is 60.0 Å². The molecule has 0 amide bonds. The zero-order chi connectivity index (χ0) is 25.2. The Labute approximate surface area is 202 Å². The molecule has 0 aromatic heterocycles. The molecule has 184 valence electrons. The third kappa shape index (κ3) is 4.74. The second-order valence-corrected chi connectivity index (χ2v) is 9.25. The van der Waals surface area contributed by atoms with E-state index in [1.807, 2.05) is 38.1 Å². The molecule has 0 saturated carbocycles. The first-order valence-corrected chi connectivity index (χ1v) is 12.0. The zero-order valence-electron chi connectivity index (χ0n) is 21.2. The van der Waals surface area contributed by atoms with Gasteiger partial charge in [0.2, 0.25) is 0 Å². The minimum Gasteiger partial charge on any atom is -0.468 e. The van der Waals surface area contributed by atoms with E-state index in [0.29, 0.717) is 23.3 Å². The summed E-state index contributed by atoms with van der Waals surface area (Å²) in [6.45, 7) is 13.2. The van der Waals surface area contributed by atoms with Crippen molar-refractivity contribution in [2.75, 3.05) is 25.1 Å². The molecule has 0 saturated heterocycles. The first-order chi connectivity index (χ1) is 16.1. The number of esters is 2. The number of anilines is 1. The Morgan fingerprint density at radius 2 is 1.76 bits per heavy atom. The Balaban J connectivity index is 2.15. The summed E-state index contributed by atoms with van der Waals surface area (Å²) in [7, 11) is 1.30. The molecule has 1 aliphatic carbocycles. The summed E-state index contributed by atoms with van der Waals surface area (Å²) >= 11 is 0. The Kier molecular flexibility index (Phi) is 7.85. The van der Waals surface area contributed by atoms with Gasteiger partial charge in [0, 0.05) is 41.7 Å². The number of hydrogen-bond acceptors (Lipinski definition) is 7. The average Bonchev–Trinajstić information content (AvgIpc) is 2.78. The highest BCUT2D eigenvalue weighted by molar-refractivity contribution is 6.12. The maximum absolute atomic E-state index is 13.7. The van der Waals surface area contributed by atoms with Gasteiger partial charge in [-0.05, 0) is 64.7 Å². The number of nitrogens with one attached hydrogen (secondary N) is 1. The van der Waals surface area contributed by atoms with Crippen LogP contribution in [0.25, 0.3) is 0 Å². The lowest BCUT2D eigenvalue weighted by molar-refractivity contribution is -0.151. The molecule has 0 radical (unpaired) electrons. The highest BCUT2D eigenvalue weighted by Gasteiger charge is 2.47. The maximum Gasteiger partial charge on any atom is 0.337 e. The number of ether oxygens (including phenoxy) is 2. The van der Waals surface area contributed by atoms with Crippen LogP contribution in [0.15, 0.2) is 46.8 Å². The average molecular weight is 469 g/mol. The second kappa shape index (κ2) is 10.5. The van der Waals surface area contributed by atoms with Crippen molar-refractivity contribution >= 4 is 23.4 Å². The normalized spacial score (nSPS) is 22.4. The summed E-state index contributed by atoms with van der Waals surface area (Å²) in [6, 6.07) is 7.95. The van der Waals surface area contributed by atoms with Gasteiger partial charge in [0.15, 0.2) is 5.78 Å². The molecule has 1 aliphatic heterocycles. The van der Waals surface area contributed by atoms with E-state index in [9.17, 15) is 14.4 Å². The fourth-order valence-corrected chi connectivity index (χ4v) is 5.03. The summed E-state index contributed by atoms with van der Waals surface area (Å²) in [5.74, 6) is -3.05. The molecule has 1 heterocycles. The summed E-state index contributed by atoms with van der Waals surface area (Å²) in [5.41, 5.74) is 4.15. The quantitative estimate of drug-likeness (QED) is 0.476. The summed E-state index contributed by atoms with van der Waals surface area (Å²) in [6.07, 6.45) is 0.206. The van der Waals surface area contributed by atoms with Gasteiger partial charge in [0.1, 0.15) is 5.92 Å². The van der Waals surface area contributed by atoms with E-state index in [1.54, 1.807) is 13.8 Å². The van der Waals surface area contributed by atoms with Crippen LogP contribution in [0.5, 0.6) is 0 Å². The van der Waals surface area contributed by atoms with Crippen molar-refractivity contribution in [1.82, 2.24) is 5.32 Å². The number of methoxy groups -OCH3 is 1. The molecule has 7 heteroatoms. The van der Waals surface area contributed by atoms with Crippen LogP contribution < -0.4 is 10.2 Å². The van der Waals surface area contributed by atoms with E-state index in [-0.39, 0.29) is 17.8 Å². The van der Waals surface area contributed by atoms with Crippen molar-refractivity contribution < 1.29 is 23.9 Å². The van der Waals surface area contributed by atoms with Crippen molar-refractivity contribution in [2.24, 2.45) is 11.8 Å². The first kappa shape index (κ1) is 25.5. The monoisotopic (exact) mass is 468 g/mol. The number of carbonyl (C=O) groups excluding carboxylic acids is 3. The van der Waals surface area contributed by atoms with Crippen molar-refractivity contribution in [1.29, 1.82) is 0 Å². The number of hydrogen-bond donors (Lipinski definition) is 1. The molecular weight excluding hydrogens is 432 g/mol. The van der Waals surface area contributed by atoms with Crippen molar-refractivity contribution in [3.8, 4) is 0 Å². The number of ketones is 1. The van der Waals surface area contributed by atoms with Crippen LogP contribution in [0.2, 0.25) is 0 Å². The van der Waals surface area contributed by atoms with Gasteiger partial charge in [-0.1, -0.05) is 19.1 Å². The van der Waals surface area contributed by atoms with Crippen LogP contribution in [-0.4, -0.2) is 44.0 Å². The SMILES string of the molecule is CCN(CC)c1ccc([C@@H]2C(C(=O)OC(C)C)=C(C)NC3=C2C(=O)[C@@H](C(=O)OC)[C@@H](C)C3)cc1. The van der Waals surface area contributed by atoms with E-state index in [4.69, 9.17) is 9.47 Å². The van der Waals surface area contributed by atoms with E-state index in [2.05, 4.69) is 24.1 Å².